The Morgan fingerprint density at radius 1 is 1.13 bits per heavy atom. The van der Waals surface area contributed by atoms with E-state index in [0.29, 0.717) is 6.04 Å². The van der Waals surface area contributed by atoms with Gasteiger partial charge in [0.2, 0.25) is 0 Å². The summed E-state index contributed by atoms with van der Waals surface area (Å²) in [5.41, 5.74) is 1.32. The number of thiazole rings is 1. The summed E-state index contributed by atoms with van der Waals surface area (Å²) in [6.45, 7) is 5.39. The number of rotatable bonds is 8. The number of piperidine rings is 1. The van der Waals surface area contributed by atoms with E-state index < -0.39 is 5.60 Å². The molecule has 2 saturated heterocycles. The molecule has 0 saturated carbocycles. The van der Waals surface area contributed by atoms with Gasteiger partial charge in [-0.1, -0.05) is 12.1 Å². The van der Waals surface area contributed by atoms with Crippen LogP contribution in [0, 0.1) is 0 Å². The van der Waals surface area contributed by atoms with E-state index in [-0.39, 0.29) is 0 Å². The molecule has 1 aromatic heterocycles. The molecule has 2 aliphatic rings. The fourth-order valence-corrected chi connectivity index (χ4v) is 5.49. The Morgan fingerprint density at radius 2 is 1.90 bits per heavy atom. The van der Waals surface area contributed by atoms with Crippen LogP contribution in [0.2, 0.25) is 0 Å². The SMILES string of the molecule is COC[C@H]1CCCN1Cc1nc(C2(O)CCN(Cc3ccc(OC)cc3)CC2)cs1. The Morgan fingerprint density at radius 3 is 2.60 bits per heavy atom. The van der Waals surface area contributed by atoms with E-state index in [1.165, 1.54) is 18.4 Å². The molecule has 164 valence electrons. The van der Waals surface area contributed by atoms with Crippen LogP contribution < -0.4 is 4.74 Å². The number of hydrogen-bond donors (Lipinski definition) is 1. The molecule has 30 heavy (non-hydrogen) atoms. The van der Waals surface area contributed by atoms with Gasteiger partial charge in [0.25, 0.3) is 0 Å². The predicted molar refractivity (Wildman–Crippen MR) is 119 cm³/mol. The Kier molecular flexibility index (Phi) is 7.05. The van der Waals surface area contributed by atoms with Gasteiger partial charge in [-0.05, 0) is 49.9 Å². The molecule has 0 amide bonds. The first-order chi connectivity index (χ1) is 14.6. The fourth-order valence-electron chi connectivity index (χ4n) is 4.58. The van der Waals surface area contributed by atoms with Crippen molar-refractivity contribution < 1.29 is 14.6 Å². The molecule has 4 rings (SSSR count). The summed E-state index contributed by atoms with van der Waals surface area (Å²) in [7, 11) is 3.46. The number of benzene rings is 1. The highest BCUT2D eigenvalue weighted by Gasteiger charge is 2.36. The van der Waals surface area contributed by atoms with E-state index in [2.05, 4.69) is 27.3 Å². The van der Waals surface area contributed by atoms with Gasteiger partial charge in [0.15, 0.2) is 0 Å². The largest absolute Gasteiger partial charge is 0.497 e. The third-order valence-corrected chi connectivity index (χ3v) is 7.31. The van der Waals surface area contributed by atoms with Crippen molar-refractivity contribution >= 4 is 11.3 Å². The van der Waals surface area contributed by atoms with E-state index in [1.807, 2.05) is 12.1 Å². The topological polar surface area (TPSA) is 58.1 Å². The molecule has 0 unspecified atom stereocenters. The van der Waals surface area contributed by atoms with Crippen molar-refractivity contribution in [3.63, 3.8) is 0 Å². The maximum absolute atomic E-state index is 11.3. The van der Waals surface area contributed by atoms with Crippen molar-refractivity contribution in [2.45, 2.75) is 50.4 Å². The van der Waals surface area contributed by atoms with Crippen LogP contribution in [0.4, 0.5) is 0 Å². The zero-order valence-corrected chi connectivity index (χ0v) is 18.9. The van der Waals surface area contributed by atoms with Gasteiger partial charge in [-0.15, -0.1) is 11.3 Å². The molecule has 2 aliphatic heterocycles. The number of likely N-dealkylation sites (tertiary alicyclic amines) is 2. The van der Waals surface area contributed by atoms with Crippen LogP contribution in [0.5, 0.6) is 5.75 Å². The Hall–Kier alpha value is -1.51. The van der Waals surface area contributed by atoms with E-state index in [1.54, 1.807) is 25.6 Å². The molecular formula is C23H33N3O3S. The van der Waals surface area contributed by atoms with Crippen molar-refractivity contribution in [1.29, 1.82) is 0 Å². The highest BCUT2D eigenvalue weighted by Crippen LogP contribution is 2.34. The molecule has 0 bridgehead atoms. The van der Waals surface area contributed by atoms with Crippen LogP contribution in [0.3, 0.4) is 0 Å². The quantitative estimate of drug-likeness (QED) is 0.693. The lowest BCUT2D eigenvalue weighted by atomic mass is 9.88. The van der Waals surface area contributed by atoms with Crippen LogP contribution in [-0.4, -0.2) is 66.4 Å². The first-order valence-corrected chi connectivity index (χ1v) is 11.7. The molecule has 1 N–H and O–H groups in total. The molecule has 2 aromatic rings. The van der Waals surface area contributed by atoms with E-state index in [9.17, 15) is 5.11 Å². The van der Waals surface area contributed by atoms with Crippen molar-refractivity contribution in [1.82, 2.24) is 14.8 Å². The summed E-state index contributed by atoms with van der Waals surface area (Å²) in [5.74, 6) is 0.883. The molecule has 6 nitrogen and oxygen atoms in total. The van der Waals surface area contributed by atoms with Crippen LogP contribution in [0.15, 0.2) is 29.6 Å². The molecule has 0 spiro atoms. The fraction of sp³-hybridized carbons (Fsp3) is 0.609. The summed E-state index contributed by atoms with van der Waals surface area (Å²) >= 11 is 1.68. The van der Waals surface area contributed by atoms with Crippen molar-refractivity contribution in [2.75, 3.05) is 40.5 Å². The van der Waals surface area contributed by atoms with Crippen molar-refractivity contribution in [3.8, 4) is 5.75 Å². The second-order valence-corrected chi connectivity index (χ2v) is 9.45. The lowest BCUT2D eigenvalue weighted by molar-refractivity contribution is -0.0308. The summed E-state index contributed by atoms with van der Waals surface area (Å²) < 4.78 is 10.6. The number of ether oxygens (including phenoxy) is 2. The highest BCUT2D eigenvalue weighted by molar-refractivity contribution is 7.09. The monoisotopic (exact) mass is 431 g/mol. The van der Waals surface area contributed by atoms with Crippen LogP contribution >= 0.6 is 11.3 Å². The Balaban J connectivity index is 1.31. The molecule has 3 heterocycles. The number of hydrogen-bond acceptors (Lipinski definition) is 7. The predicted octanol–water partition coefficient (Wildman–Crippen LogP) is 3.25. The maximum Gasteiger partial charge on any atom is 0.118 e. The van der Waals surface area contributed by atoms with Gasteiger partial charge >= 0.3 is 0 Å². The third-order valence-electron chi connectivity index (χ3n) is 6.47. The second-order valence-electron chi connectivity index (χ2n) is 8.50. The summed E-state index contributed by atoms with van der Waals surface area (Å²) in [5, 5.41) is 14.4. The van der Waals surface area contributed by atoms with Gasteiger partial charge in [0.1, 0.15) is 16.4 Å². The van der Waals surface area contributed by atoms with E-state index >= 15 is 0 Å². The van der Waals surface area contributed by atoms with Gasteiger partial charge in [0, 0.05) is 38.2 Å². The normalized spacial score (nSPS) is 22.4. The van der Waals surface area contributed by atoms with Crippen LogP contribution in [0.1, 0.15) is 41.9 Å². The van der Waals surface area contributed by atoms with Crippen LogP contribution in [0.25, 0.3) is 0 Å². The average Bonchev–Trinajstić information content (AvgIpc) is 3.41. The second kappa shape index (κ2) is 9.75. The first kappa shape index (κ1) is 21.7. The summed E-state index contributed by atoms with van der Waals surface area (Å²) in [6.07, 6.45) is 3.87. The minimum Gasteiger partial charge on any atom is -0.497 e. The van der Waals surface area contributed by atoms with Gasteiger partial charge in [-0.25, -0.2) is 4.98 Å². The Labute approximate surface area is 183 Å². The Bertz CT molecular complexity index is 802. The number of methoxy groups -OCH3 is 2. The number of aromatic nitrogens is 1. The zero-order valence-electron chi connectivity index (χ0n) is 18.0. The van der Waals surface area contributed by atoms with Crippen molar-refractivity contribution in [3.05, 3.63) is 45.9 Å². The minimum absolute atomic E-state index is 0.492. The average molecular weight is 432 g/mol. The highest BCUT2D eigenvalue weighted by atomic mass is 32.1. The number of aliphatic hydroxyl groups is 1. The zero-order chi connectivity index (χ0) is 21.0. The smallest absolute Gasteiger partial charge is 0.118 e. The molecule has 0 aliphatic carbocycles. The molecular weight excluding hydrogens is 398 g/mol. The van der Waals surface area contributed by atoms with Crippen molar-refractivity contribution in [2.24, 2.45) is 0 Å². The van der Waals surface area contributed by atoms with E-state index in [4.69, 9.17) is 14.5 Å². The third kappa shape index (κ3) is 5.03. The molecule has 1 aromatic carbocycles. The molecule has 7 heteroatoms. The van der Waals surface area contributed by atoms with Gasteiger partial charge in [-0.2, -0.15) is 0 Å². The minimum atomic E-state index is -0.803. The lowest BCUT2D eigenvalue weighted by Crippen LogP contribution is -2.42. The molecule has 1 atom stereocenters. The number of nitrogens with zero attached hydrogens (tertiary/aromatic N) is 3. The molecule has 0 radical (unpaired) electrons. The van der Waals surface area contributed by atoms with E-state index in [0.717, 1.165) is 68.6 Å². The first-order valence-electron chi connectivity index (χ1n) is 10.9. The standard InChI is InChI=1S/C23H33N3O3S/c1-28-16-19-4-3-11-26(19)15-22-24-21(17-30-22)23(27)9-12-25(13-10-23)14-18-5-7-20(29-2)8-6-18/h5-8,17,19,27H,3-4,9-16H2,1-2H3/t19-/m1/s1. The van der Waals surface area contributed by atoms with Gasteiger partial charge < -0.3 is 14.6 Å². The van der Waals surface area contributed by atoms with Gasteiger partial charge in [0.05, 0.1) is 26.0 Å². The van der Waals surface area contributed by atoms with Gasteiger partial charge in [-0.3, -0.25) is 9.80 Å². The lowest BCUT2D eigenvalue weighted by Gasteiger charge is -2.37. The summed E-state index contributed by atoms with van der Waals surface area (Å²) in [6, 6.07) is 8.73. The molecule has 2 fully saturated rings. The summed E-state index contributed by atoms with van der Waals surface area (Å²) in [4.78, 5) is 9.72. The maximum atomic E-state index is 11.3. The van der Waals surface area contributed by atoms with Crippen LogP contribution in [-0.2, 0) is 23.4 Å².